The maximum atomic E-state index is 13.2. The Morgan fingerprint density at radius 2 is 2.07 bits per heavy atom. The summed E-state index contributed by atoms with van der Waals surface area (Å²) in [7, 11) is 0. The summed E-state index contributed by atoms with van der Waals surface area (Å²) < 4.78 is 7.64. The molecule has 2 aromatic heterocycles. The minimum Gasteiger partial charge on any atom is -0.376 e. The number of carbonyl (C=O) groups is 1. The predicted octanol–water partition coefficient (Wildman–Crippen LogP) is 3.00. The molecule has 2 fully saturated rings. The van der Waals surface area contributed by atoms with Crippen molar-refractivity contribution in [3.05, 3.63) is 42.0 Å². The van der Waals surface area contributed by atoms with E-state index in [4.69, 9.17) is 4.74 Å². The second-order valence-corrected chi connectivity index (χ2v) is 7.52. The molecular formula is C20H27N5O2. The Hall–Kier alpha value is -2.28. The number of rotatable bonds is 6. The number of pyridine rings is 1. The first-order valence-corrected chi connectivity index (χ1v) is 10.0. The SMILES string of the molecule is O=C(c1cn(C2CCCCC2)nn1)N(Cc1ccccn1)C[C@H]1CCCO1. The Morgan fingerprint density at radius 3 is 2.81 bits per heavy atom. The third-order valence-electron chi connectivity index (χ3n) is 5.49. The van der Waals surface area contributed by atoms with E-state index < -0.39 is 0 Å². The van der Waals surface area contributed by atoms with Crippen LogP contribution in [0.2, 0.25) is 0 Å². The van der Waals surface area contributed by atoms with Crippen molar-refractivity contribution in [1.29, 1.82) is 0 Å². The summed E-state index contributed by atoms with van der Waals surface area (Å²) in [5.41, 5.74) is 1.28. The van der Waals surface area contributed by atoms with Crippen LogP contribution in [0.25, 0.3) is 0 Å². The highest BCUT2D eigenvalue weighted by Crippen LogP contribution is 2.27. The van der Waals surface area contributed by atoms with Gasteiger partial charge < -0.3 is 9.64 Å². The number of ether oxygens (including phenoxy) is 1. The van der Waals surface area contributed by atoms with Crippen molar-refractivity contribution in [2.75, 3.05) is 13.2 Å². The lowest BCUT2D eigenvalue weighted by Gasteiger charge is -2.24. The summed E-state index contributed by atoms with van der Waals surface area (Å²) in [6.07, 6.45) is 11.7. The Morgan fingerprint density at radius 1 is 1.19 bits per heavy atom. The average molecular weight is 369 g/mol. The van der Waals surface area contributed by atoms with Crippen LogP contribution in [0, 0.1) is 0 Å². The quantitative estimate of drug-likeness (QED) is 0.783. The second kappa shape index (κ2) is 8.61. The first-order chi connectivity index (χ1) is 13.3. The van der Waals surface area contributed by atoms with Gasteiger partial charge in [-0.2, -0.15) is 0 Å². The fraction of sp³-hybridized carbons (Fsp3) is 0.600. The molecule has 0 spiro atoms. The highest BCUT2D eigenvalue weighted by atomic mass is 16.5. The first-order valence-electron chi connectivity index (χ1n) is 10.0. The molecule has 0 N–H and O–H groups in total. The summed E-state index contributed by atoms with van der Waals surface area (Å²) in [4.78, 5) is 19.3. The van der Waals surface area contributed by atoms with Gasteiger partial charge in [0.25, 0.3) is 5.91 Å². The molecule has 7 heteroatoms. The van der Waals surface area contributed by atoms with Crippen molar-refractivity contribution in [3.63, 3.8) is 0 Å². The van der Waals surface area contributed by atoms with E-state index >= 15 is 0 Å². The van der Waals surface area contributed by atoms with Crippen molar-refractivity contribution in [1.82, 2.24) is 24.9 Å². The van der Waals surface area contributed by atoms with Crippen LogP contribution in [-0.2, 0) is 11.3 Å². The number of aromatic nitrogens is 4. The van der Waals surface area contributed by atoms with Gasteiger partial charge in [-0.15, -0.1) is 5.10 Å². The van der Waals surface area contributed by atoms with E-state index in [1.807, 2.05) is 29.1 Å². The molecule has 0 unspecified atom stereocenters. The summed E-state index contributed by atoms with van der Waals surface area (Å²) in [5.74, 6) is -0.0989. The molecule has 2 aliphatic rings. The van der Waals surface area contributed by atoms with Gasteiger partial charge in [-0.05, 0) is 37.8 Å². The molecule has 1 atom stereocenters. The molecule has 0 radical (unpaired) electrons. The zero-order valence-corrected chi connectivity index (χ0v) is 15.7. The molecule has 0 bridgehead atoms. The van der Waals surface area contributed by atoms with Crippen molar-refractivity contribution < 1.29 is 9.53 Å². The normalized spacial score (nSPS) is 20.7. The Labute approximate surface area is 159 Å². The third kappa shape index (κ3) is 4.53. The van der Waals surface area contributed by atoms with Crippen LogP contribution >= 0.6 is 0 Å². The standard InChI is InChI=1S/C20H27N5O2/c26-20(19-15-25(23-22-19)17-8-2-1-3-9-17)24(14-18-10-6-12-27-18)13-16-7-4-5-11-21-16/h4-5,7,11,15,17-18H,1-3,6,8-10,12-14H2/t18-/m1/s1. The highest BCUT2D eigenvalue weighted by Gasteiger charge is 2.26. The van der Waals surface area contributed by atoms with E-state index in [0.29, 0.717) is 24.8 Å². The smallest absolute Gasteiger partial charge is 0.276 e. The van der Waals surface area contributed by atoms with Crippen LogP contribution in [0.15, 0.2) is 30.6 Å². The fourth-order valence-electron chi connectivity index (χ4n) is 4.00. The molecule has 1 saturated heterocycles. The van der Waals surface area contributed by atoms with E-state index in [1.54, 1.807) is 11.1 Å². The van der Waals surface area contributed by atoms with Gasteiger partial charge in [0.1, 0.15) is 0 Å². The number of nitrogens with zero attached hydrogens (tertiary/aromatic N) is 5. The van der Waals surface area contributed by atoms with Crippen LogP contribution < -0.4 is 0 Å². The zero-order chi connectivity index (χ0) is 18.5. The molecule has 2 aromatic rings. The first kappa shape index (κ1) is 18.1. The molecule has 144 valence electrons. The van der Waals surface area contributed by atoms with Crippen molar-refractivity contribution >= 4 is 5.91 Å². The van der Waals surface area contributed by atoms with Crippen LogP contribution in [-0.4, -0.2) is 50.0 Å². The van der Waals surface area contributed by atoms with Gasteiger partial charge in [-0.1, -0.05) is 30.5 Å². The Balaban J connectivity index is 1.49. The van der Waals surface area contributed by atoms with Crippen LogP contribution in [0.5, 0.6) is 0 Å². The van der Waals surface area contributed by atoms with Gasteiger partial charge in [0.2, 0.25) is 0 Å². The minimum absolute atomic E-state index is 0.0889. The van der Waals surface area contributed by atoms with E-state index in [0.717, 1.165) is 38.0 Å². The fourth-order valence-corrected chi connectivity index (χ4v) is 4.00. The maximum Gasteiger partial charge on any atom is 0.276 e. The Bertz CT molecular complexity index is 736. The molecular weight excluding hydrogens is 342 g/mol. The molecule has 1 saturated carbocycles. The highest BCUT2D eigenvalue weighted by molar-refractivity contribution is 5.91. The van der Waals surface area contributed by atoms with Gasteiger partial charge in [-0.3, -0.25) is 9.78 Å². The summed E-state index contributed by atoms with van der Waals surface area (Å²) in [6.45, 7) is 1.79. The molecule has 4 rings (SSSR count). The zero-order valence-electron chi connectivity index (χ0n) is 15.7. The molecule has 0 aromatic carbocycles. The van der Waals surface area contributed by atoms with Gasteiger partial charge in [0.15, 0.2) is 5.69 Å². The number of hydrogen-bond acceptors (Lipinski definition) is 5. The number of hydrogen-bond donors (Lipinski definition) is 0. The number of carbonyl (C=O) groups excluding carboxylic acids is 1. The van der Waals surface area contributed by atoms with Gasteiger partial charge in [-0.25, -0.2) is 4.68 Å². The summed E-state index contributed by atoms with van der Waals surface area (Å²) >= 11 is 0. The van der Waals surface area contributed by atoms with E-state index in [-0.39, 0.29) is 12.0 Å². The van der Waals surface area contributed by atoms with Crippen molar-refractivity contribution in [2.24, 2.45) is 0 Å². The van der Waals surface area contributed by atoms with Crippen LogP contribution in [0.1, 0.15) is 67.2 Å². The van der Waals surface area contributed by atoms with Gasteiger partial charge >= 0.3 is 0 Å². The molecule has 1 amide bonds. The molecule has 27 heavy (non-hydrogen) atoms. The number of amides is 1. The molecule has 1 aliphatic heterocycles. The van der Waals surface area contributed by atoms with Gasteiger partial charge in [0, 0.05) is 19.3 Å². The van der Waals surface area contributed by atoms with E-state index in [9.17, 15) is 4.79 Å². The van der Waals surface area contributed by atoms with E-state index in [2.05, 4.69) is 15.3 Å². The van der Waals surface area contributed by atoms with E-state index in [1.165, 1.54) is 19.3 Å². The maximum absolute atomic E-state index is 13.2. The largest absolute Gasteiger partial charge is 0.376 e. The van der Waals surface area contributed by atoms with Crippen LogP contribution in [0.3, 0.4) is 0 Å². The lowest BCUT2D eigenvalue weighted by Crippen LogP contribution is -2.37. The van der Waals surface area contributed by atoms with Gasteiger partial charge in [0.05, 0.1) is 30.6 Å². The van der Waals surface area contributed by atoms with Crippen molar-refractivity contribution in [3.8, 4) is 0 Å². The summed E-state index contributed by atoms with van der Waals surface area (Å²) in [5, 5.41) is 8.44. The third-order valence-corrected chi connectivity index (χ3v) is 5.49. The summed E-state index contributed by atoms with van der Waals surface area (Å²) in [6, 6.07) is 6.13. The monoisotopic (exact) mass is 369 g/mol. The molecule has 7 nitrogen and oxygen atoms in total. The Kier molecular flexibility index (Phi) is 5.77. The lowest BCUT2D eigenvalue weighted by atomic mass is 9.96. The lowest BCUT2D eigenvalue weighted by molar-refractivity contribution is 0.0500. The second-order valence-electron chi connectivity index (χ2n) is 7.52. The molecule has 3 heterocycles. The topological polar surface area (TPSA) is 73.1 Å². The van der Waals surface area contributed by atoms with Crippen molar-refractivity contribution in [2.45, 2.75) is 63.6 Å². The minimum atomic E-state index is -0.0989. The predicted molar refractivity (Wildman–Crippen MR) is 100 cm³/mol. The van der Waals surface area contributed by atoms with Crippen LogP contribution in [0.4, 0.5) is 0 Å². The molecule has 1 aliphatic carbocycles. The average Bonchev–Trinajstić information content (AvgIpc) is 3.41.